The number of likely N-dealkylation sites (tertiary alicyclic amines) is 1. The minimum Gasteiger partial charge on any atom is -0.399 e. The van der Waals surface area contributed by atoms with Crippen molar-refractivity contribution in [2.75, 3.05) is 24.1 Å². The highest BCUT2D eigenvalue weighted by molar-refractivity contribution is 6.25. The van der Waals surface area contributed by atoms with E-state index in [-0.39, 0.29) is 36.3 Å². The minimum atomic E-state index is -1.05. The number of nitrogens with two attached hydrogens (primary N) is 1. The number of amides is 4. The van der Waals surface area contributed by atoms with Crippen molar-refractivity contribution in [2.24, 2.45) is 0 Å². The second-order valence-electron chi connectivity index (χ2n) is 10.5. The van der Waals surface area contributed by atoms with Crippen LogP contribution in [0.15, 0.2) is 60.7 Å². The second kappa shape index (κ2) is 10.2. The van der Waals surface area contributed by atoms with E-state index in [1.54, 1.807) is 18.2 Å². The Kier molecular flexibility index (Phi) is 6.55. The van der Waals surface area contributed by atoms with Crippen molar-refractivity contribution in [3.8, 4) is 0 Å². The summed E-state index contributed by atoms with van der Waals surface area (Å²) in [6.45, 7) is 2.51. The monoisotopic (exact) mass is 541 g/mol. The van der Waals surface area contributed by atoms with Crippen LogP contribution in [0.1, 0.15) is 56.2 Å². The molecule has 6 rings (SSSR count). The number of nitrogen functional groups attached to an aromatic ring is 1. The summed E-state index contributed by atoms with van der Waals surface area (Å²) in [6.07, 6.45) is 0.125. The quantitative estimate of drug-likeness (QED) is 0.310. The summed E-state index contributed by atoms with van der Waals surface area (Å²) in [7, 11) is 0. The van der Waals surface area contributed by atoms with Gasteiger partial charge in [-0.1, -0.05) is 30.3 Å². The molecule has 0 spiro atoms. The molecule has 0 radical (unpaired) electrons. The van der Waals surface area contributed by atoms with Gasteiger partial charge in [0, 0.05) is 55.5 Å². The molecule has 9 nitrogen and oxygen atoms in total. The van der Waals surface area contributed by atoms with Crippen LogP contribution in [0.2, 0.25) is 0 Å². The van der Waals surface area contributed by atoms with E-state index in [0.29, 0.717) is 23.7 Å². The molecule has 3 aromatic rings. The van der Waals surface area contributed by atoms with Crippen LogP contribution in [0.3, 0.4) is 0 Å². The van der Waals surface area contributed by atoms with Gasteiger partial charge >= 0.3 is 0 Å². The van der Waals surface area contributed by atoms with Crippen LogP contribution < -0.4 is 16.4 Å². The van der Waals surface area contributed by atoms with Crippen molar-refractivity contribution in [1.82, 2.24) is 15.1 Å². The molecule has 3 aliphatic heterocycles. The van der Waals surface area contributed by atoms with Gasteiger partial charge in [0.15, 0.2) is 0 Å². The molecular weight excluding hydrogens is 513 g/mol. The lowest BCUT2D eigenvalue weighted by molar-refractivity contribution is -0.136. The van der Waals surface area contributed by atoms with Gasteiger partial charge in [0.2, 0.25) is 11.8 Å². The minimum absolute atomic E-state index is 0.0463. The maximum atomic E-state index is 15.0. The molecular formula is C30H28FN5O4. The molecule has 4 amide bonds. The van der Waals surface area contributed by atoms with Gasteiger partial charge in [0.1, 0.15) is 11.9 Å². The Bertz CT molecular complexity index is 1550. The number of fused-ring (bicyclic) bond motifs is 1. The third kappa shape index (κ3) is 4.71. The Morgan fingerprint density at radius 3 is 2.52 bits per heavy atom. The molecule has 1 unspecified atom stereocenters. The molecule has 3 heterocycles. The van der Waals surface area contributed by atoms with E-state index in [1.165, 1.54) is 17.7 Å². The van der Waals surface area contributed by atoms with Gasteiger partial charge in [-0.2, -0.15) is 0 Å². The molecule has 10 heteroatoms. The fourth-order valence-corrected chi connectivity index (χ4v) is 5.67. The highest BCUT2D eigenvalue weighted by Gasteiger charge is 2.45. The summed E-state index contributed by atoms with van der Waals surface area (Å²) in [5, 5.41) is 5.28. The Hall–Kier alpha value is -4.57. The first kappa shape index (κ1) is 25.7. The summed E-state index contributed by atoms with van der Waals surface area (Å²) >= 11 is 0. The van der Waals surface area contributed by atoms with Crippen molar-refractivity contribution in [2.45, 2.75) is 37.9 Å². The van der Waals surface area contributed by atoms with Gasteiger partial charge in [-0.15, -0.1) is 0 Å². The molecule has 204 valence electrons. The lowest BCUT2D eigenvalue weighted by Crippen LogP contribution is -2.54. The van der Waals surface area contributed by atoms with Gasteiger partial charge < -0.3 is 11.1 Å². The standard InChI is InChI=1S/C30H28FN5O4/c31-23-11-17(14-35-15-20(16-35)18-3-1-4-21(32)12-18)7-8-19(23)13-33-24-6-2-5-22-27(24)30(40)36(29(22)39)25-9-10-26(37)34-28(25)38/h1-8,11-12,20,25,33H,9-10,13-16,32H2,(H,34,37,38). The first-order valence-electron chi connectivity index (χ1n) is 13.2. The largest absolute Gasteiger partial charge is 0.399 e. The number of nitrogens with one attached hydrogen (secondary N) is 2. The average Bonchev–Trinajstić information content (AvgIpc) is 3.15. The Labute approximate surface area is 230 Å². The molecule has 1 atom stereocenters. The van der Waals surface area contributed by atoms with Crippen LogP contribution in [0.4, 0.5) is 15.8 Å². The molecule has 4 N–H and O–H groups in total. The highest BCUT2D eigenvalue weighted by atomic mass is 19.1. The number of carbonyl (C=O) groups excluding carboxylic acids is 4. The van der Waals surface area contributed by atoms with E-state index in [9.17, 15) is 19.2 Å². The zero-order chi connectivity index (χ0) is 28.0. The third-order valence-electron chi connectivity index (χ3n) is 7.80. The molecule has 3 aromatic carbocycles. The van der Waals surface area contributed by atoms with Crippen LogP contribution >= 0.6 is 0 Å². The number of hydrogen-bond donors (Lipinski definition) is 3. The van der Waals surface area contributed by atoms with E-state index in [4.69, 9.17) is 5.73 Å². The fraction of sp³-hybridized carbons (Fsp3) is 0.267. The lowest BCUT2D eigenvalue weighted by atomic mass is 9.90. The van der Waals surface area contributed by atoms with Crippen molar-refractivity contribution < 1.29 is 23.6 Å². The smallest absolute Gasteiger partial charge is 0.264 e. The average molecular weight is 542 g/mol. The summed E-state index contributed by atoms with van der Waals surface area (Å²) < 4.78 is 15.0. The van der Waals surface area contributed by atoms with Crippen LogP contribution in [0.5, 0.6) is 0 Å². The molecule has 2 saturated heterocycles. The Morgan fingerprint density at radius 1 is 0.975 bits per heavy atom. The fourth-order valence-electron chi connectivity index (χ4n) is 5.67. The van der Waals surface area contributed by atoms with E-state index in [2.05, 4.69) is 21.6 Å². The maximum Gasteiger partial charge on any atom is 0.264 e. The first-order valence-corrected chi connectivity index (χ1v) is 13.2. The van der Waals surface area contributed by atoms with Gasteiger partial charge in [-0.25, -0.2) is 4.39 Å². The number of rotatable bonds is 7. The summed E-state index contributed by atoms with van der Waals surface area (Å²) in [4.78, 5) is 53.3. The van der Waals surface area contributed by atoms with Crippen molar-refractivity contribution >= 4 is 35.0 Å². The molecule has 3 aliphatic rings. The normalized spacial score (nSPS) is 19.4. The molecule has 40 heavy (non-hydrogen) atoms. The first-order chi connectivity index (χ1) is 19.3. The molecule has 2 fully saturated rings. The summed E-state index contributed by atoms with van der Waals surface area (Å²) in [6, 6.07) is 16.8. The number of carbonyl (C=O) groups is 4. The van der Waals surface area contributed by atoms with Crippen LogP contribution in [0, 0.1) is 5.82 Å². The van der Waals surface area contributed by atoms with Crippen molar-refractivity contribution in [1.29, 1.82) is 0 Å². The summed E-state index contributed by atoms with van der Waals surface area (Å²) in [5.41, 5.74) is 9.84. The number of anilines is 2. The second-order valence-corrected chi connectivity index (χ2v) is 10.5. The SMILES string of the molecule is Nc1cccc(C2CN(Cc3ccc(CNc4cccc5c4C(=O)N(C4CCC(=O)NC4=O)C5=O)c(F)c3)C2)c1. The lowest BCUT2D eigenvalue weighted by Gasteiger charge is -2.39. The third-order valence-corrected chi connectivity index (χ3v) is 7.80. The van der Waals surface area contributed by atoms with Crippen LogP contribution in [-0.4, -0.2) is 52.6 Å². The van der Waals surface area contributed by atoms with E-state index >= 15 is 4.39 Å². The Morgan fingerprint density at radius 2 is 1.77 bits per heavy atom. The zero-order valence-electron chi connectivity index (χ0n) is 21.7. The maximum absolute atomic E-state index is 15.0. The zero-order valence-corrected chi connectivity index (χ0v) is 21.7. The topological polar surface area (TPSA) is 125 Å². The molecule has 0 bridgehead atoms. The van der Waals surface area contributed by atoms with E-state index < -0.39 is 29.7 Å². The number of nitrogens with zero attached hydrogens (tertiary/aromatic N) is 2. The highest BCUT2D eigenvalue weighted by Crippen LogP contribution is 2.33. The molecule has 0 aliphatic carbocycles. The van der Waals surface area contributed by atoms with Gasteiger partial charge in [0.25, 0.3) is 11.8 Å². The molecule has 0 aromatic heterocycles. The predicted molar refractivity (Wildman–Crippen MR) is 146 cm³/mol. The van der Waals surface area contributed by atoms with Crippen LogP contribution in [-0.2, 0) is 22.7 Å². The van der Waals surface area contributed by atoms with Gasteiger partial charge in [-0.3, -0.25) is 34.3 Å². The van der Waals surface area contributed by atoms with Crippen molar-refractivity contribution in [3.05, 3.63) is 94.3 Å². The van der Waals surface area contributed by atoms with Gasteiger partial charge in [0.05, 0.1) is 11.1 Å². The number of piperidine rings is 1. The van der Waals surface area contributed by atoms with Crippen molar-refractivity contribution in [3.63, 3.8) is 0 Å². The van der Waals surface area contributed by atoms with E-state index in [1.807, 2.05) is 24.3 Å². The van der Waals surface area contributed by atoms with Gasteiger partial charge in [-0.05, 0) is 47.9 Å². The van der Waals surface area contributed by atoms with Crippen LogP contribution in [0.25, 0.3) is 0 Å². The number of hydrogen-bond acceptors (Lipinski definition) is 7. The van der Waals surface area contributed by atoms with E-state index in [0.717, 1.165) is 29.2 Å². The number of imide groups is 2. The predicted octanol–water partition coefficient (Wildman–Crippen LogP) is 3.02. The number of halogens is 1. The Balaban J connectivity index is 1.10. The number of benzene rings is 3. The summed E-state index contributed by atoms with van der Waals surface area (Å²) in [5.74, 6) is -2.24. The molecule has 0 saturated carbocycles.